The minimum absolute atomic E-state index is 0.131. The number of aromatic hydroxyl groups is 1. The number of phenols is 1. The smallest absolute Gasteiger partial charge is 0.249 e. The number of benzene rings is 1. The number of phenolic OH excluding ortho intramolecular Hbond substituents is 1. The van der Waals surface area contributed by atoms with Crippen LogP contribution in [0.3, 0.4) is 0 Å². The highest BCUT2D eigenvalue weighted by atomic mass is 16.6. The van der Waals surface area contributed by atoms with Gasteiger partial charge in [0.2, 0.25) is 5.70 Å². The molecule has 0 saturated carbocycles. The van der Waals surface area contributed by atoms with Crippen LogP contribution in [-0.2, 0) is 0 Å². The van der Waals surface area contributed by atoms with E-state index in [1.54, 1.807) is 26.0 Å². The second kappa shape index (κ2) is 4.59. The molecular formula is C11H13NO3. The molecule has 0 atom stereocenters. The molecule has 0 heterocycles. The fourth-order valence-corrected chi connectivity index (χ4v) is 1.17. The second-order valence-corrected chi connectivity index (χ2v) is 3.57. The third-order valence-electron chi connectivity index (χ3n) is 2.01. The Morgan fingerprint density at radius 1 is 1.40 bits per heavy atom. The zero-order valence-electron chi connectivity index (χ0n) is 8.68. The maximum absolute atomic E-state index is 10.7. The van der Waals surface area contributed by atoms with E-state index in [0.29, 0.717) is 5.56 Å². The molecule has 4 nitrogen and oxygen atoms in total. The van der Waals surface area contributed by atoms with Gasteiger partial charge < -0.3 is 5.11 Å². The van der Waals surface area contributed by atoms with Crippen LogP contribution in [0.2, 0.25) is 0 Å². The molecule has 15 heavy (non-hydrogen) atoms. The lowest BCUT2D eigenvalue weighted by atomic mass is 10.1. The third-order valence-corrected chi connectivity index (χ3v) is 2.01. The van der Waals surface area contributed by atoms with Gasteiger partial charge in [-0.2, -0.15) is 0 Å². The number of rotatable bonds is 3. The van der Waals surface area contributed by atoms with Crippen molar-refractivity contribution in [2.45, 2.75) is 13.8 Å². The zero-order chi connectivity index (χ0) is 11.4. The van der Waals surface area contributed by atoms with E-state index in [2.05, 4.69) is 0 Å². The van der Waals surface area contributed by atoms with E-state index in [1.165, 1.54) is 18.2 Å². The van der Waals surface area contributed by atoms with Crippen molar-refractivity contribution in [1.29, 1.82) is 0 Å². The Morgan fingerprint density at radius 3 is 2.33 bits per heavy atom. The second-order valence-electron chi connectivity index (χ2n) is 3.57. The lowest BCUT2D eigenvalue weighted by Crippen LogP contribution is -2.05. The maximum atomic E-state index is 10.7. The molecule has 0 spiro atoms. The van der Waals surface area contributed by atoms with Crippen molar-refractivity contribution in [3.63, 3.8) is 0 Å². The average Bonchev–Trinajstić information content (AvgIpc) is 2.15. The van der Waals surface area contributed by atoms with E-state index in [1.807, 2.05) is 0 Å². The molecule has 0 aromatic heterocycles. The number of nitro groups is 1. The molecule has 0 amide bonds. The van der Waals surface area contributed by atoms with Crippen molar-refractivity contribution in [2.24, 2.45) is 5.92 Å². The van der Waals surface area contributed by atoms with Crippen LogP contribution in [0.25, 0.3) is 6.08 Å². The van der Waals surface area contributed by atoms with E-state index in [4.69, 9.17) is 5.11 Å². The molecule has 1 rings (SSSR count). The first kappa shape index (κ1) is 11.2. The summed E-state index contributed by atoms with van der Waals surface area (Å²) in [5, 5.41) is 19.8. The molecule has 80 valence electrons. The summed E-state index contributed by atoms with van der Waals surface area (Å²) in [6.07, 6.45) is 1.52. The van der Waals surface area contributed by atoms with E-state index >= 15 is 0 Å². The van der Waals surface area contributed by atoms with Crippen LogP contribution >= 0.6 is 0 Å². The Balaban J connectivity index is 3.02. The maximum Gasteiger partial charge on any atom is 0.249 e. The number of allylic oxidation sites excluding steroid dienone is 1. The Hall–Kier alpha value is -1.84. The van der Waals surface area contributed by atoms with Crippen molar-refractivity contribution in [3.8, 4) is 5.75 Å². The van der Waals surface area contributed by atoms with E-state index in [0.717, 1.165) is 0 Å². The molecule has 4 heteroatoms. The van der Waals surface area contributed by atoms with Crippen LogP contribution in [0, 0.1) is 16.0 Å². The Morgan fingerprint density at radius 2 is 1.93 bits per heavy atom. The molecule has 1 aromatic carbocycles. The van der Waals surface area contributed by atoms with Crippen molar-refractivity contribution < 1.29 is 10.0 Å². The van der Waals surface area contributed by atoms with Crippen LogP contribution in [0.4, 0.5) is 0 Å². The van der Waals surface area contributed by atoms with Crippen LogP contribution < -0.4 is 0 Å². The molecule has 0 aliphatic heterocycles. The molecule has 1 N–H and O–H groups in total. The fraction of sp³-hybridized carbons (Fsp3) is 0.273. The molecule has 0 fully saturated rings. The number of hydrogen-bond donors (Lipinski definition) is 1. The van der Waals surface area contributed by atoms with Crippen LogP contribution in [0.15, 0.2) is 30.0 Å². The van der Waals surface area contributed by atoms with Gasteiger partial charge in [-0.25, -0.2) is 0 Å². The summed E-state index contributed by atoms with van der Waals surface area (Å²) in [5.41, 5.74) is 0.883. The van der Waals surface area contributed by atoms with E-state index in [9.17, 15) is 10.1 Å². The van der Waals surface area contributed by atoms with Gasteiger partial charge >= 0.3 is 0 Å². The highest BCUT2D eigenvalue weighted by Gasteiger charge is 2.15. The highest BCUT2D eigenvalue weighted by Crippen LogP contribution is 2.17. The summed E-state index contributed by atoms with van der Waals surface area (Å²) in [6, 6.07) is 6.29. The molecule has 0 aliphatic rings. The van der Waals surface area contributed by atoms with Crippen LogP contribution in [0.1, 0.15) is 19.4 Å². The summed E-state index contributed by atoms with van der Waals surface area (Å²) < 4.78 is 0. The normalized spacial score (nSPS) is 11.8. The van der Waals surface area contributed by atoms with Gasteiger partial charge in [0.1, 0.15) is 5.75 Å². The molecule has 0 radical (unpaired) electrons. The summed E-state index contributed by atoms with van der Waals surface area (Å²) in [4.78, 5) is 10.3. The molecular weight excluding hydrogens is 194 g/mol. The minimum Gasteiger partial charge on any atom is -0.508 e. The van der Waals surface area contributed by atoms with E-state index in [-0.39, 0.29) is 22.3 Å². The van der Waals surface area contributed by atoms with Gasteiger partial charge in [0.05, 0.1) is 4.92 Å². The van der Waals surface area contributed by atoms with Crippen LogP contribution in [0.5, 0.6) is 5.75 Å². The zero-order valence-corrected chi connectivity index (χ0v) is 8.68. The molecule has 0 saturated heterocycles. The van der Waals surface area contributed by atoms with Gasteiger partial charge in [0, 0.05) is 12.0 Å². The Kier molecular flexibility index (Phi) is 3.44. The van der Waals surface area contributed by atoms with E-state index < -0.39 is 0 Å². The van der Waals surface area contributed by atoms with Gasteiger partial charge in [-0.15, -0.1) is 0 Å². The van der Waals surface area contributed by atoms with Crippen molar-refractivity contribution in [1.82, 2.24) is 0 Å². The van der Waals surface area contributed by atoms with Gasteiger partial charge in [0.15, 0.2) is 0 Å². The standard InChI is InChI=1S/C11H13NO3/c1-8(2)11(12(14)15)7-9-3-5-10(13)6-4-9/h3-8,13H,1-2H3/b11-7-. The summed E-state index contributed by atoms with van der Waals surface area (Å²) >= 11 is 0. The third kappa shape index (κ3) is 3.09. The molecule has 0 unspecified atom stereocenters. The average molecular weight is 207 g/mol. The van der Waals surface area contributed by atoms with Crippen molar-refractivity contribution in [3.05, 3.63) is 45.6 Å². The lowest BCUT2D eigenvalue weighted by molar-refractivity contribution is -0.431. The predicted octanol–water partition coefficient (Wildman–Crippen LogP) is 2.67. The minimum atomic E-state index is -0.377. The Labute approximate surface area is 88.0 Å². The largest absolute Gasteiger partial charge is 0.508 e. The van der Waals surface area contributed by atoms with Gasteiger partial charge in [-0.3, -0.25) is 10.1 Å². The van der Waals surface area contributed by atoms with Crippen molar-refractivity contribution >= 4 is 6.08 Å². The summed E-state index contributed by atoms with van der Waals surface area (Å²) in [5.74, 6) is 0.0214. The number of nitrogens with zero attached hydrogens (tertiary/aromatic N) is 1. The predicted molar refractivity (Wildman–Crippen MR) is 57.9 cm³/mol. The SMILES string of the molecule is CC(C)/C(=C/c1ccc(O)cc1)[N+](=O)[O-]. The molecule has 0 aliphatic carbocycles. The first-order valence-corrected chi connectivity index (χ1v) is 4.65. The van der Waals surface area contributed by atoms with Crippen LogP contribution in [-0.4, -0.2) is 10.0 Å². The monoisotopic (exact) mass is 207 g/mol. The lowest BCUT2D eigenvalue weighted by Gasteiger charge is -2.01. The highest BCUT2D eigenvalue weighted by molar-refractivity contribution is 5.52. The first-order chi connectivity index (χ1) is 7.00. The molecule has 0 bridgehead atoms. The summed E-state index contributed by atoms with van der Waals surface area (Å²) in [6.45, 7) is 3.55. The number of hydrogen-bond acceptors (Lipinski definition) is 3. The summed E-state index contributed by atoms with van der Waals surface area (Å²) in [7, 11) is 0. The fourth-order valence-electron chi connectivity index (χ4n) is 1.17. The topological polar surface area (TPSA) is 63.4 Å². The first-order valence-electron chi connectivity index (χ1n) is 4.65. The van der Waals surface area contributed by atoms with Gasteiger partial charge in [0.25, 0.3) is 0 Å². The molecule has 1 aromatic rings. The Bertz CT molecular complexity index is 379. The quantitative estimate of drug-likeness (QED) is 0.612. The van der Waals surface area contributed by atoms with Gasteiger partial charge in [-0.1, -0.05) is 26.0 Å². The van der Waals surface area contributed by atoms with Crippen molar-refractivity contribution in [2.75, 3.05) is 0 Å². The van der Waals surface area contributed by atoms with Gasteiger partial charge in [-0.05, 0) is 17.7 Å².